The summed E-state index contributed by atoms with van der Waals surface area (Å²) in [6.45, 7) is 17.6. The first-order chi connectivity index (χ1) is 17.4. The molecule has 0 aromatic rings. The fourth-order valence-corrected chi connectivity index (χ4v) is 10.1. The van der Waals surface area contributed by atoms with Gasteiger partial charge in [-0.15, -0.1) is 0 Å². The summed E-state index contributed by atoms with van der Waals surface area (Å²) < 4.78 is 0. The van der Waals surface area contributed by atoms with E-state index in [4.69, 9.17) is 0 Å². The lowest BCUT2D eigenvalue weighted by Gasteiger charge is -2.69. The summed E-state index contributed by atoms with van der Waals surface area (Å²) in [5, 5.41) is 12.7. The molecular formula is C33H49NO4. The molecule has 0 heterocycles. The normalized spacial score (nSPS) is 48.1. The van der Waals surface area contributed by atoms with Gasteiger partial charge in [-0.2, -0.15) is 0 Å². The largest absolute Gasteiger partial charge is 0.392 e. The van der Waals surface area contributed by atoms with E-state index in [1.165, 1.54) is 5.57 Å². The molecule has 0 aromatic heterocycles. The van der Waals surface area contributed by atoms with Crippen LogP contribution in [0.1, 0.15) is 100 Å². The van der Waals surface area contributed by atoms with Crippen molar-refractivity contribution in [2.45, 2.75) is 106 Å². The predicted octanol–water partition coefficient (Wildman–Crippen LogP) is 5.81. The molecule has 0 spiro atoms. The highest BCUT2D eigenvalue weighted by Gasteiger charge is 2.69. The molecule has 9 atom stereocenters. The number of nitrogens with one attached hydrogen (secondary N) is 1. The van der Waals surface area contributed by atoms with Crippen molar-refractivity contribution in [1.29, 1.82) is 0 Å². The number of carbonyl (C=O) groups is 3. The molecule has 5 rings (SSSR count). The number of aliphatic hydroxyl groups is 1. The van der Waals surface area contributed by atoms with Gasteiger partial charge in [-0.25, -0.2) is 0 Å². The fraction of sp³-hybridized carbons (Fsp3) is 0.788. The van der Waals surface area contributed by atoms with Crippen molar-refractivity contribution in [3.8, 4) is 0 Å². The minimum atomic E-state index is -0.580. The Balaban J connectivity index is 1.56. The van der Waals surface area contributed by atoms with Crippen LogP contribution in [0, 0.1) is 50.2 Å². The van der Waals surface area contributed by atoms with E-state index in [1.54, 1.807) is 13.0 Å². The van der Waals surface area contributed by atoms with Gasteiger partial charge in [0.15, 0.2) is 11.6 Å². The Morgan fingerprint density at radius 2 is 1.68 bits per heavy atom. The summed E-state index contributed by atoms with van der Waals surface area (Å²) in [6, 6.07) is 0. The van der Waals surface area contributed by atoms with Crippen LogP contribution in [0.25, 0.3) is 0 Å². The number of amides is 1. The number of allylic oxidation sites excluding steroid dienone is 4. The summed E-state index contributed by atoms with van der Waals surface area (Å²) in [7, 11) is 0. The van der Waals surface area contributed by atoms with Gasteiger partial charge in [0.2, 0.25) is 5.91 Å². The molecule has 3 saturated carbocycles. The number of rotatable bonds is 3. The van der Waals surface area contributed by atoms with E-state index < -0.39 is 16.9 Å². The summed E-state index contributed by atoms with van der Waals surface area (Å²) in [5.74, 6) is 0.648. The Labute approximate surface area is 229 Å². The highest BCUT2D eigenvalue weighted by molar-refractivity contribution is 5.98. The molecule has 38 heavy (non-hydrogen) atoms. The summed E-state index contributed by atoms with van der Waals surface area (Å²) in [4.78, 5) is 40.6. The van der Waals surface area contributed by atoms with Crippen molar-refractivity contribution in [2.24, 2.45) is 50.2 Å². The van der Waals surface area contributed by atoms with Gasteiger partial charge in [0.25, 0.3) is 0 Å². The Hall–Kier alpha value is -1.75. The lowest BCUT2D eigenvalue weighted by molar-refractivity contribution is -0.172. The average molecular weight is 524 g/mol. The van der Waals surface area contributed by atoms with Gasteiger partial charge in [0.05, 0.1) is 6.10 Å². The third kappa shape index (κ3) is 3.55. The summed E-state index contributed by atoms with van der Waals surface area (Å²) >= 11 is 0. The van der Waals surface area contributed by atoms with E-state index >= 15 is 0 Å². The molecule has 9 unspecified atom stereocenters. The Kier molecular flexibility index (Phi) is 6.13. The van der Waals surface area contributed by atoms with E-state index in [0.29, 0.717) is 6.42 Å². The van der Waals surface area contributed by atoms with E-state index in [9.17, 15) is 19.5 Å². The van der Waals surface area contributed by atoms with Crippen molar-refractivity contribution in [3.05, 3.63) is 23.8 Å². The second kappa shape index (κ2) is 8.38. The highest BCUT2D eigenvalue weighted by Crippen LogP contribution is 2.74. The highest BCUT2D eigenvalue weighted by atomic mass is 16.3. The average Bonchev–Trinajstić information content (AvgIpc) is 2.83. The molecular weight excluding hydrogens is 474 g/mol. The molecule has 5 heteroatoms. The van der Waals surface area contributed by atoms with Crippen molar-refractivity contribution in [3.63, 3.8) is 0 Å². The first kappa shape index (κ1) is 27.8. The molecule has 0 radical (unpaired) electrons. The third-order valence-electron chi connectivity index (χ3n) is 13.0. The molecule has 0 bridgehead atoms. The van der Waals surface area contributed by atoms with Gasteiger partial charge in [0.1, 0.15) is 0 Å². The van der Waals surface area contributed by atoms with Crippen LogP contribution >= 0.6 is 0 Å². The number of ketones is 2. The minimum absolute atomic E-state index is 0.00527. The summed E-state index contributed by atoms with van der Waals surface area (Å²) in [6.07, 6.45) is 11.8. The number of hydrogen-bond donors (Lipinski definition) is 2. The fourth-order valence-electron chi connectivity index (χ4n) is 10.1. The molecule has 1 amide bonds. The lowest BCUT2D eigenvalue weighted by atomic mass is 9.34. The van der Waals surface area contributed by atoms with Crippen LogP contribution in [0.15, 0.2) is 23.8 Å². The molecule has 0 aromatic carbocycles. The van der Waals surface area contributed by atoms with E-state index in [-0.39, 0.29) is 63.4 Å². The van der Waals surface area contributed by atoms with Crippen LogP contribution in [0.4, 0.5) is 0 Å². The molecule has 5 nitrogen and oxygen atoms in total. The molecule has 210 valence electrons. The SMILES string of the molecule is CC(O)CNC(=O)C1(C)CCC2(C)CCC3(C)C(C(=O)C=C4C5(C)C=CC(=O)C(C)(C)C5CCC43C)C2C1. The zero-order valence-corrected chi connectivity index (χ0v) is 24.9. The predicted molar refractivity (Wildman–Crippen MR) is 149 cm³/mol. The maximum atomic E-state index is 14.4. The van der Waals surface area contributed by atoms with Crippen LogP contribution in [0.5, 0.6) is 0 Å². The quantitative estimate of drug-likeness (QED) is 0.489. The molecule has 2 N–H and O–H groups in total. The molecule has 5 aliphatic rings. The van der Waals surface area contributed by atoms with Gasteiger partial charge in [-0.3, -0.25) is 14.4 Å². The van der Waals surface area contributed by atoms with Crippen molar-refractivity contribution < 1.29 is 19.5 Å². The van der Waals surface area contributed by atoms with Crippen LogP contribution in [-0.2, 0) is 14.4 Å². The van der Waals surface area contributed by atoms with E-state index in [1.807, 2.05) is 6.08 Å². The second-order valence-electron chi connectivity index (χ2n) is 15.6. The zero-order valence-electron chi connectivity index (χ0n) is 24.9. The zero-order chi connectivity index (χ0) is 28.1. The number of aliphatic hydroxyl groups excluding tert-OH is 1. The van der Waals surface area contributed by atoms with E-state index in [2.05, 4.69) is 59.9 Å². The number of fused-ring (bicyclic) bond motifs is 7. The molecule has 3 fully saturated rings. The van der Waals surface area contributed by atoms with Crippen LogP contribution in [0.3, 0.4) is 0 Å². The molecule has 0 saturated heterocycles. The number of carbonyl (C=O) groups excluding carboxylic acids is 3. The van der Waals surface area contributed by atoms with Crippen molar-refractivity contribution in [2.75, 3.05) is 6.54 Å². The van der Waals surface area contributed by atoms with Gasteiger partial charge in [-0.05, 0) is 92.1 Å². The molecule has 5 aliphatic carbocycles. The molecule has 0 aliphatic heterocycles. The van der Waals surface area contributed by atoms with Gasteiger partial charge in [0, 0.05) is 28.7 Å². The van der Waals surface area contributed by atoms with E-state index in [0.717, 1.165) is 38.5 Å². The maximum absolute atomic E-state index is 14.4. The number of hydrogen-bond acceptors (Lipinski definition) is 4. The van der Waals surface area contributed by atoms with Gasteiger partial charge >= 0.3 is 0 Å². The van der Waals surface area contributed by atoms with Crippen molar-refractivity contribution in [1.82, 2.24) is 5.32 Å². The third-order valence-corrected chi connectivity index (χ3v) is 13.0. The smallest absolute Gasteiger partial charge is 0.226 e. The Morgan fingerprint density at radius 1 is 1.03 bits per heavy atom. The topological polar surface area (TPSA) is 83.5 Å². The lowest BCUT2D eigenvalue weighted by Crippen LogP contribution is -2.64. The van der Waals surface area contributed by atoms with Gasteiger partial charge < -0.3 is 10.4 Å². The first-order valence-corrected chi connectivity index (χ1v) is 14.9. The van der Waals surface area contributed by atoms with Crippen LogP contribution in [-0.4, -0.2) is 35.2 Å². The Bertz CT molecular complexity index is 1130. The minimum Gasteiger partial charge on any atom is -0.392 e. The van der Waals surface area contributed by atoms with Crippen LogP contribution < -0.4 is 5.32 Å². The summed E-state index contributed by atoms with van der Waals surface area (Å²) in [5.41, 5.74) is -0.340. The second-order valence-corrected chi connectivity index (χ2v) is 15.6. The standard InChI is InChI=1S/C33H49NO4/c1-20(35)19-34-27(38)30(5)14-13-29(4)15-16-33(8)26(21(29)18-30)22(36)17-24-31(6)11-10-25(37)28(2,3)23(31)9-12-32(24,33)7/h10-11,17,20-21,23,26,35H,9,12-16,18-19H2,1-8H3,(H,34,38). The van der Waals surface area contributed by atoms with Crippen LogP contribution in [0.2, 0.25) is 0 Å². The Morgan fingerprint density at radius 3 is 2.34 bits per heavy atom. The maximum Gasteiger partial charge on any atom is 0.226 e. The monoisotopic (exact) mass is 523 g/mol. The van der Waals surface area contributed by atoms with Gasteiger partial charge in [-0.1, -0.05) is 60.1 Å². The first-order valence-electron chi connectivity index (χ1n) is 14.9. The van der Waals surface area contributed by atoms with Crippen molar-refractivity contribution >= 4 is 17.5 Å².